The molecule has 0 aromatic heterocycles. The lowest BCUT2D eigenvalue weighted by Crippen LogP contribution is -1.85. The number of hydrogen-bond acceptors (Lipinski definition) is 1. The summed E-state index contributed by atoms with van der Waals surface area (Å²) in [7, 11) is -2.14. The summed E-state index contributed by atoms with van der Waals surface area (Å²) in [6, 6.07) is 0. The Labute approximate surface area is 45.0 Å². The standard InChI is InChI=1S/C2H8NOP.H2S/c1-5(2,3)4;/h1-2H3,(H2,3,4);1H2. The zero-order valence-electron chi connectivity index (χ0n) is 3.93. The number of hydrogen-bond donors (Lipinski definition) is 1. The van der Waals surface area contributed by atoms with Gasteiger partial charge in [0.1, 0.15) is 7.29 Å². The maximum atomic E-state index is 9.99. The largest absolute Gasteiger partial charge is 0.308 e. The first-order chi connectivity index (χ1) is 2.00. The van der Waals surface area contributed by atoms with Gasteiger partial charge < -0.3 is 4.57 Å². The van der Waals surface area contributed by atoms with Crippen LogP contribution >= 0.6 is 20.8 Å². The Bertz CT molecular complexity index is 59.7. The zero-order valence-corrected chi connectivity index (χ0v) is 5.83. The molecule has 2 N–H and O–H groups in total. The minimum Gasteiger partial charge on any atom is -0.308 e. The zero-order chi connectivity index (χ0) is 4.50. The van der Waals surface area contributed by atoms with Crippen molar-refractivity contribution in [3.8, 4) is 0 Å². The van der Waals surface area contributed by atoms with Crippen LogP contribution in [0.4, 0.5) is 0 Å². The lowest BCUT2D eigenvalue weighted by molar-refractivity contribution is 0.583. The van der Waals surface area contributed by atoms with Gasteiger partial charge in [0.15, 0.2) is 0 Å². The predicted molar refractivity (Wildman–Crippen MR) is 34.0 cm³/mol. The van der Waals surface area contributed by atoms with E-state index in [2.05, 4.69) is 0 Å². The van der Waals surface area contributed by atoms with E-state index >= 15 is 0 Å². The van der Waals surface area contributed by atoms with Crippen molar-refractivity contribution in [2.24, 2.45) is 5.50 Å². The smallest absolute Gasteiger partial charge is 0.139 e. The normalized spacial score (nSPS) is 9.83. The Kier molecular flexibility index (Phi) is 4.33. The van der Waals surface area contributed by atoms with Crippen molar-refractivity contribution in [2.75, 3.05) is 13.3 Å². The molecule has 4 heteroatoms. The summed E-state index contributed by atoms with van der Waals surface area (Å²) >= 11 is 0. The van der Waals surface area contributed by atoms with Gasteiger partial charge >= 0.3 is 0 Å². The second kappa shape index (κ2) is 2.67. The third kappa shape index (κ3) is 195. The second-order valence-corrected chi connectivity index (χ2v) is 4.30. The van der Waals surface area contributed by atoms with Crippen molar-refractivity contribution in [3.63, 3.8) is 0 Å². The van der Waals surface area contributed by atoms with Crippen LogP contribution in [0.5, 0.6) is 0 Å². The van der Waals surface area contributed by atoms with Crippen molar-refractivity contribution in [1.29, 1.82) is 0 Å². The highest BCUT2D eigenvalue weighted by atomic mass is 32.1. The van der Waals surface area contributed by atoms with Crippen molar-refractivity contribution in [3.05, 3.63) is 0 Å². The van der Waals surface area contributed by atoms with Crippen LogP contribution in [-0.2, 0) is 4.57 Å². The summed E-state index contributed by atoms with van der Waals surface area (Å²) in [6.45, 7) is 3.04. The van der Waals surface area contributed by atoms with Gasteiger partial charge in [-0.05, 0) is 0 Å². The van der Waals surface area contributed by atoms with Crippen molar-refractivity contribution in [2.45, 2.75) is 0 Å². The Morgan fingerprint density at radius 2 is 1.50 bits per heavy atom. The van der Waals surface area contributed by atoms with Gasteiger partial charge in [0.25, 0.3) is 0 Å². The quantitative estimate of drug-likeness (QED) is 0.484. The molecule has 0 spiro atoms. The molecule has 0 unspecified atom stereocenters. The van der Waals surface area contributed by atoms with Crippen LogP contribution < -0.4 is 5.50 Å². The van der Waals surface area contributed by atoms with E-state index < -0.39 is 7.29 Å². The van der Waals surface area contributed by atoms with E-state index in [1.165, 1.54) is 13.3 Å². The van der Waals surface area contributed by atoms with Crippen LogP contribution in [0.3, 0.4) is 0 Å². The summed E-state index contributed by atoms with van der Waals surface area (Å²) in [4.78, 5) is 0. The second-order valence-electron chi connectivity index (χ2n) is 1.43. The van der Waals surface area contributed by atoms with Crippen molar-refractivity contribution in [1.82, 2.24) is 0 Å². The molecule has 0 aromatic rings. The molecule has 2 nitrogen and oxygen atoms in total. The molecular weight excluding hydrogens is 117 g/mol. The first kappa shape index (κ1) is 9.74. The van der Waals surface area contributed by atoms with Crippen molar-refractivity contribution >= 4 is 20.8 Å². The molecule has 6 heavy (non-hydrogen) atoms. The highest BCUT2D eigenvalue weighted by Crippen LogP contribution is 2.21. The first-order valence-corrected chi connectivity index (χ1v) is 4.01. The third-order valence-electron chi connectivity index (χ3n) is 0. The van der Waals surface area contributed by atoms with E-state index in [0.29, 0.717) is 0 Å². The van der Waals surface area contributed by atoms with Gasteiger partial charge in [-0.15, -0.1) is 0 Å². The SMILES string of the molecule is CP(C)(N)=O.S. The summed E-state index contributed by atoms with van der Waals surface area (Å²) in [5, 5.41) is 0. The fraction of sp³-hybridized carbons (Fsp3) is 1.00. The number of nitrogens with two attached hydrogens (primary N) is 1. The molecule has 0 aliphatic carbocycles. The van der Waals surface area contributed by atoms with Crippen molar-refractivity contribution < 1.29 is 4.57 Å². The molecule has 0 rings (SSSR count). The molecule has 0 radical (unpaired) electrons. The lowest BCUT2D eigenvalue weighted by atomic mass is 11.9. The lowest BCUT2D eigenvalue weighted by Gasteiger charge is -1.87. The fourth-order valence-electron chi connectivity index (χ4n) is 0. The third-order valence-corrected chi connectivity index (χ3v) is 0. The molecule has 0 aliphatic rings. The Balaban J connectivity index is 0. The molecule has 0 bridgehead atoms. The average molecular weight is 127 g/mol. The maximum Gasteiger partial charge on any atom is 0.139 e. The topological polar surface area (TPSA) is 43.1 Å². The monoisotopic (exact) mass is 127 g/mol. The van der Waals surface area contributed by atoms with E-state index in [1.54, 1.807) is 0 Å². The van der Waals surface area contributed by atoms with E-state index in [9.17, 15) is 4.57 Å². The highest BCUT2D eigenvalue weighted by molar-refractivity contribution is 7.59. The van der Waals surface area contributed by atoms with Crippen LogP contribution in [0.25, 0.3) is 0 Å². The molecule has 0 saturated heterocycles. The summed E-state index contributed by atoms with van der Waals surface area (Å²) < 4.78 is 9.99. The summed E-state index contributed by atoms with van der Waals surface area (Å²) in [5.74, 6) is 0. The van der Waals surface area contributed by atoms with Crippen LogP contribution in [0.1, 0.15) is 0 Å². The molecule has 0 aliphatic heterocycles. The minimum atomic E-state index is -2.14. The molecular formula is C2H10NOPS. The molecule has 0 saturated carbocycles. The minimum absolute atomic E-state index is 0. The van der Waals surface area contributed by atoms with E-state index in [4.69, 9.17) is 5.50 Å². The maximum absolute atomic E-state index is 9.99. The number of rotatable bonds is 0. The van der Waals surface area contributed by atoms with Crippen LogP contribution in [0.15, 0.2) is 0 Å². The Morgan fingerprint density at radius 3 is 1.50 bits per heavy atom. The van der Waals surface area contributed by atoms with Gasteiger partial charge in [-0.1, -0.05) is 0 Å². The van der Waals surface area contributed by atoms with E-state index in [0.717, 1.165) is 0 Å². The molecule has 0 heterocycles. The first-order valence-electron chi connectivity index (χ1n) is 1.34. The summed E-state index contributed by atoms with van der Waals surface area (Å²) in [6.07, 6.45) is 0. The summed E-state index contributed by atoms with van der Waals surface area (Å²) in [5.41, 5.74) is 4.91. The highest BCUT2D eigenvalue weighted by Gasteiger charge is 1.89. The van der Waals surface area contributed by atoms with Crippen LogP contribution in [0, 0.1) is 0 Å². The van der Waals surface area contributed by atoms with E-state index in [1.807, 2.05) is 0 Å². The van der Waals surface area contributed by atoms with Gasteiger partial charge in [-0.25, -0.2) is 0 Å². The van der Waals surface area contributed by atoms with Gasteiger partial charge in [-0.2, -0.15) is 13.5 Å². The molecule has 40 valence electrons. The molecule has 0 fully saturated rings. The van der Waals surface area contributed by atoms with Gasteiger partial charge in [0.05, 0.1) is 0 Å². The van der Waals surface area contributed by atoms with E-state index in [-0.39, 0.29) is 13.5 Å². The van der Waals surface area contributed by atoms with Gasteiger partial charge in [0.2, 0.25) is 0 Å². The van der Waals surface area contributed by atoms with Crippen LogP contribution in [0.2, 0.25) is 0 Å². The molecule has 0 aromatic carbocycles. The van der Waals surface area contributed by atoms with Gasteiger partial charge in [-0.3, -0.25) is 5.50 Å². The molecule has 0 atom stereocenters. The fourth-order valence-corrected chi connectivity index (χ4v) is 0. The Hall–Kier alpha value is 0.540. The predicted octanol–water partition coefficient (Wildman–Crippen LogP) is 0.596. The molecule has 0 amide bonds. The average Bonchev–Trinajstić information content (AvgIpc) is 0.722. The van der Waals surface area contributed by atoms with Crippen LogP contribution in [-0.4, -0.2) is 13.3 Å². The van der Waals surface area contributed by atoms with Gasteiger partial charge in [0, 0.05) is 13.3 Å². The Morgan fingerprint density at radius 1 is 1.50 bits per heavy atom.